The minimum absolute atomic E-state index is 0.0401. The van der Waals surface area contributed by atoms with Gasteiger partial charge in [-0.25, -0.2) is 14.4 Å². The Morgan fingerprint density at radius 3 is 2.69 bits per heavy atom. The van der Waals surface area contributed by atoms with E-state index in [0.717, 1.165) is 6.42 Å². The normalized spacial score (nSPS) is 20.9. The third kappa shape index (κ3) is 3.85. The zero-order valence-electron chi connectivity index (χ0n) is 16.6. The van der Waals surface area contributed by atoms with Crippen LogP contribution in [0.1, 0.15) is 36.3 Å². The molecule has 152 valence electrons. The predicted octanol–water partition coefficient (Wildman–Crippen LogP) is 2.28. The molecule has 4 heterocycles. The van der Waals surface area contributed by atoms with Crippen molar-refractivity contribution in [2.45, 2.75) is 38.8 Å². The number of nitrogens with one attached hydrogen (secondary N) is 1. The molecular formula is C21H24FN5O2. The van der Waals surface area contributed by atoms with Crippen LogP contribution in [0.15, 0.2) is 30.6 Å². The van der Waals surface area contributed by atoms with E-state index < -0.39 is 0 Å². The molecule has 3 saturated heterocycles. The molecule has 2 bridgehead atoms. The van der Waals surface area contributed by atoms with E-state index in [1.165, 1.54) is 13.3 Å². The number of hydrogen-bond acceptors (Lipinski definition) is 6. The number of hydrogen-bond donors (Lipinski definition) is 1. The lowest BCUT2D eigenvalue weighted by Crippen LogP contribution is -2.70. The monoisotopic (exact) mass is 397 g/mol. The highest BCUT2D eigenvalue weighted by Crippen LogP contribution is 2.34. The number of amides is 1. The number of ketones is 1. The quantitative estimate of drug-likeness (QED) is 0.754. The lowest BCUT2D eigenvalue weighted by Gasteiger charge is -2.56. The molecule has 7 nitrogen and oxygen atoms in total. The number of rotatable bonds is 6. The van der Waals surface area contributed by atoms with Crippen LogP contribution in [0, 0.1) is 5.82 Å². The van der Waals surface area contributed by atoms with Crippen LogP contribution >= 0.6 is 0 Å². The maximum absolute atomic E-state index is 14.6. The van der Waals surface area contributed by atoms with Crippen molar-refractivity contribution in [3.63, 3.8) is 0 Å². The molecule has 1 aromatic heterocycles. The van der Waals surface area contributed by atoms with Crippen LogP contribution in [0.2, 0.25) is 0 Å². The number of carbonyl (C=O) groups is 2. The van der Waals surface area contributed by atoms with E-state index >= 15 is 0 Å². The highest BCUT2D eigenvalue weighted by molar-refractivity contribution is 5.97. The molecule has 0 spiro atoms. The summed E-state index contributed by atoms with van der Waals surface area (Å²) in [5.41, 5.74) is 1.61. The molecule has 0 aliphatic carbocycles. The van der Waals surface area contributed by atoms with Crippen molar-refractivity contribution >= 4 is 23.2 Å². The number of Topliss-reactive ketones (excluding diaryl/α,β-unsaturated/α-hetero) is 1. The zero-order chi connectivity index (χ0) is 20.5. The summed E-state index contributed by atoms with van der Waals surface area (Å²) in [4.78, 5) is 36.2. The van der Waals surface area contributed by atoms with Crippen molar-refractivity contribution in [3.05, 3.63) is 47.7 Å². The molecule has 3 fully saturated rings. The summed E-state index contributed by atoms with van der Waals surface area (Å²) < 4.78 is 14.6. The summed E-state index contributed by atoms with van der Waals surface area (Å²) in [6, 6.07) is 7.32. The summed E-state index contributed by atoms with van der Waals surface area (Å²) in [5.74, 6) is -0.139. The number of nitrogens with zero attached hydrogens (tertiary/aromatic N) is 4. The first kappa shape index (κ1) is 19.4. The van der Waals surface area contributed by atoms with Gasteiger partial charge in [-0.2, -0.15) is 0 Å². The number of fused-ring (bicyclic) bond motifs is 2. The second-order valence-electron chi connectivity index (χ2n) is 7.62. The summed E-state index contributed by atoms with van der Waals surface area (Å²) in [6.07, 6.45) is 2.94. The Bertz CT molecular complexity index is 938. The summed E-state index contributed by atoms with van der Waals surface area (Å²) in [7, 11) is 0. The molecule has 5 rings (SSSR count). The smallest absolute Gasteiger partial charge is 0.238 e. The first-order chi connectivity index (χ1) is 14.0. The molecule has 3 aliphatic heterocycles. The van der Waals surface area contributed by atoms with Crippen LogP contribution in [-0.2, 0) is 11.2 Å². The van der Waals surface area contributed by atoms with E-state index in [2.05, 4.69) is 20.2 Å². The van der Waals surface area contributed by atoms with Gasteiger partial charge in [0.05, 0.1) is 12.2 Å². The Labute approximate surface area is 168 Å². The van der Waals surface area contributed by atoms with Crippen molar-refractivity contribution in [2.75, 3.05) is 29.9 Å². The van der Waals surface area contributed by atoms with Crippen molar-refractivity contribution in [3.8, 4) is 0 Å². The summed E-state index contributed by atoms with van der Waals surface area (Å²) in [6.45, 7) is 4.93. The van der Waals surface area contributed by atoms with Crippen LogP contribution in [-0.4, -0.2) is 58.3 Å². The van der Waals surface area contributed by atoms with Crippen LogP contribution in [0.5, 0.6) is 0 Å². The molecule has 0 radical (unpaired) electrons. The van der Waals surface area contributed by atoms with Crippen molar-refractivity contribution in [1.82, 2.24) is 14.9 Å². The molecule has 2 unspecified atom stereocenters. The molecule has 1 N–H and O–H groups in total. The number of halogens is 1. The van der Waals surface area contributed by atoms with Gasteiger partial charge in [0.25, 0.3) is 0 Å². The van der Waals surface area contributed by atoms with Gasteiger partial charge < -0.3 is 10.2 Å². The number of aryl methyl sites for hydroxylation is 1. The number of piperazine rings is 1. The predicted molar refractivity (Wildman–Crippen MR) is 108 cm³/mol. The number of carbonyl (C=O) groups excluding carboxylic acids is 2. The fourth-order valence-corrected chi connectivity index (χ4v) is 4.16. The number of piperidine rings is 1. The fourth-order valence-electron chi connectivity index (χ4n) is 4.16. The molecule has 3 aliphatic rings. The van der Waals surface area contributed by atoms with Gasteiger partial charge in [-0.15, -0.1) is 0 Å². The van der Waals surface area contributed by atoms with E-state index in [1.807, 2.05) is 11.8 Å². The number of aromatic nitrogens is 2. The van der Waals surface area contributed by atoms with Gasteiger partial charge in [-0.3, -0.25) is 14.5 Å². The molecule has 0 saturated carbocycles. The SMILES string of the molecule is CCc1ncnc(N2CC3CC(C2)N3CC(=O)Nc2cccc(C(C)=O)c2)c1F. The van der Waals surface area contributed by atoms with Crippen molar-refractivity contribution in [1.29, 1.82) is 0 Å². The van der Waals surface area contributed by atoms with Crippen LogP contribution < -0.4 is 10.2 Å². The Morgan fingerprint density at radius 1 is 1.24 bits per heavy atom. The molecule has 2 aromatic rings. The second-order valence-corrected chi connectivity index (χ2v) is 7.62. The second kappa shape index (κ2) is 7.87. The van der Waals surface area contributed by atoms with E-state index in [-0.39, 0.29) is 36.1 Å². The number of anilines is 2. The third-order valence-electron chi connectivity index (χ3n) is 5.70. The highest BCUT2D eigenvalue weighted by atomic mass is 19.1. The minimum atomic E-state index is -0.342. The lowest BCUT2D eigenvalue weighted by molar-refractivity contribution is -0.121. The van der Waals surface area contributed by atoms with Gasteiger partial charge in [0.2, 0.25) is 5.91 Å². The van der Waals surface area contributed by atoms with Gasteiger partial charge in [0.15, 0.2) is 17.4 Å². The van der Waals surface area contributed by atoms with Crippen LogP contribution in [0.25, 0.3) is 0 Å². The van der Waals surface area contributed by atoms with Crippen molar-refractivity contribution < 1.29 is 14.0 Å². The first-order valence-electron chi connectivity index (χ1n) is 9.87. The molecule has 1 aromatic carbocycles. The molecule has 1 amide bonds. The Balaban J connectivity index is 1.37. The third-order valence-corrected chi connectivity index (χ3v) is 5.70. The zero-order valence-corrected chi connectivity index (χ0v) is 16.6. The molecule has 8 heteroatoms. The summed E-state index contributed by atoms with van der Waals surface area (Å²) >= 11 is 0. The lowest BCUT2D eigenvalue weighted by atomic mass is 9.87. The largest absolute Gasteiger partial charge is 0.351 e. The standard InChI is InChI=1S/C21H24FN5O2/c1-3-18-20(22)21(24-12-23-18)26-9-16-8-17(10-26)27(16)11-19(29)25-15-6-4-5-14(7-15)13(2)28/h4-7,12,16-17H,3,8-11H2,1-2H3,(H,25,29). The molecule has 29 heavy (non-hydrogen) atoms. The topological polar surface area (TPSA) is 78.4 Å². The van der Waals surface area contributed by atoms with Gasteiger partial charge in [-0.05, 0) is 31.9 Å². The average Bonchev–Trinajstić information content (AvgIpc) is 2.72. The van der Waals surface area contributed by atoms with Gasteiger partial charge >= 0.3 is 0 Å². The van der Waals surface area contributed by atoms with E-state index in [9.17, 15) is 14.0 Å². The van der Waals surface area contributed by atoms with Crippen LogP contribution in [0.3, 0.4) is 0 Å². The molecule has 2 atom stereocenters. The minimum Gasteiger partial charge on any atom is -0.351 e. The maximum Gasteiger partial charge on any atom is 0.238 e. The average molecular weight is 397 g/mol. The Kier molecular flexibility index (Phi) is 5.27. The summed E-state index contributed by atoms with van der Waals surface area (Å²) in [5, 5.41) is 2.87. The van der Waals surface area contributed by atoms with Gasteiger partial charge in [0.1, 0.15) is 6.33 Å². The Hall–Kier alpha value is -2.87. The number of benzene rings is 1. The molecular weight excluding hydrogens is 373 g/mol. The fraction of sp³-hybridized carbons (Fsp3) is 0.429. The van der Waals surface area contributed by atoms with Gasteiger partial charge in [0, 0.05) is 36.4 Å². The first-order valence-corrected chi connectivity index (χ1v) is 9.87. The van der Waals surface area contributed by atoms with E-state index in [4.69, 9.17) is 0 Å². The van der Waals surface area contributed by atoms with Crippen LogP contribution in [0.4, 0.5) is 15.9 Å². The highest BCUT2D eigenvalue weighted by Gasteiger charge is 2.46. The van der Waals surface area contributed by atoms with Gasteiger partial charge in [-0.1, -0.05) is 19.1 Å². The van der Waals surface area contributed by atoms with Crippen molar-refractivity contribution in [2.24, 2.45) is 0 Å². The van der Waals surface area contributed by atoms with E-state index in [1.54, 1.807) is 24.3 Å². The van der Waals surface area contributed by atoms with E-state index in [0.29, 0.717) is 42.3 Å². The Morgan fingerprint density at radius 2 is 2.00 bits per heavy atom. The maximum atomic E-state index is 14.6.